The van der Waals surface area contributed by atoms with E-state index in [2.05, 4.69) is 4.98 Å². The van der Waals surface area contributed by atoms with Crippen molar-refractivity contribution in [1.29, 1.82) is 0 Å². The molecule has 0 saturated heterocycles. The third-order valence-corrected chi connectivity index (χ3v) is 2.44. The number of rotatable bonds is 3. The number of hydrogen-bond donors (Lipinski definition) is 0. The van der Waals surface area contributed by atoms with Crippen molar-refractivity contribution in [2.24, 2.45) is 0 Å². The van der Waals surface area contributed by atoms with Crippen molar-refractivity contribution in [3.8, 4) is 0 Å². The maximum absolute atomic E-state index is 13.0. The molecule has 0 saturated carbocycles. The molecular weight excluding hydrogens is 235 g/mol. The van der Waals surface area contributed by atoms with Crippen LogP contribution in [-0.2, 0) is 6.54 Å². The monoisotopic (exact) mass is 246 g/mol. The number of carbonyl (C=O) groups excluding carboxylic acids is 1. The minimum absolute atomic E-state index is 0.142. The number of aromatic nitrogens is 2. The Bertz CT molecular complexity index is 649. The lowest BCUT2D eigenvalue weighted by molar-refractivity contribution is 0.0970. The van der Waals surface area contributed by atoms with Crippen LogP contribution in [0.4, 0.5) is 4.39 Å². The van der Waals surface area contributed by atoms with Gasteiger partial charge < -0.3 is 0 Å². The average molecular weight is 246 g/mol. The summed E-state index contributed by atoms with van der Waals surface area (Å²) >= 11 is 0. The largest absolute Gasteiger partial charge is 0.347 e. The van der Waals surface area contributed by atoms with Crippen LogP contribution in [0.25, 0.3) is 0 Å². The maximum Gasteiger partial charge on any atom is 0.347 e. The molecule has 0 atom stereocenters. The summed E-state index contributed by atoms with van der Waals surface area (Å²) < 4.78 is 14.2. The zero-order chi connectivity index (χ0) is 13.1. The van der Waals surface area contributed by atoms with Crippen LogP contribution in [0.2, 0.25) is 0 Å². The third-order valence-electron chi connectivity index (χ3n) is 2.44. The molecular formula is C13H11FN2O2. The van der Waals surface area contributed by atoms with Crippen molar-refractivity contribution in [2.45, 2.75) is 13.5 Å². The van der Waals surface area contributed by atoms with Crippen molar-refractivity contribution in [3.63, 3.8) is 0 Å². The second kappa shape index (κ2) is 4.91. The predicted molar refractivity (Wildman–Crippen MR) is 64.0 cm³/mol. The molecule has 2 aromatic rings. The lowest BCUT2D eigenvalue weighted by Crippen LogP contribution is -2.26. The van der Waals surface area contributed by atoms with Gasteiger partial charge in [-0.2, -0.15) is 0 Å². The van der Waals surface area contributed by atoms with E-state index < -0.39 is 11.5 Å². The molecule has 92 valence electrons. The number of nitrogens with zero attached hydrogens (tertiary/aromatic N) is 2. The Labute approximate surface area is 103 Å². The lowest BCUT2D eigenvalue weighted by Gasteiger charge is -2.05. The van der Waals surface area contributed by atoms with E-state index in [4.69, 9.17) is 0 Å². The Morgan fingerprint density at radius 3 is 2.94 bits per heavy atom. The number of Topliss-reactive ketones (excluding diaryl/α,β-unsaturated/α-hetero) is 1. The topological polar surface area (TPSA) is 52.0 Å². The van der Waals surface area contributed by atoms with Gasteiger partial charge in [0.1, 0.15) is 5.82 Å². The number of ketones is 1. The first-order valence-corrected chi connectivity index (χ1v) is 5.38. The minimum Gasteiger partial charge on any atom is -0.292 e. The Morgan fingerprint density at radius 1 is 1.44 bits per heavy atom. The first kappa shape index (κ1) is 12.2. The van der Waals surface area contributed by atoms with Crippen LogP contribution in [0.15, 0.2) is 41.5 Å². The van der Waals surface area contributed by atoms with Crippen LogP contribution in [0.5, 0.6) is 0 Å². The third kappa shape index (κ3) is 2.68. The van der Waals surface area contributed by atoms with Crippen LogP contribution in [0.3, 0.4) is 0 Å². The minimum atomic E-state index is -0.495. The molecule has 4 nitrogen and oxygen atoms in total. The molecule has 0 N–H and O–H groups in total. The summed E-state index contributed by atoms with van der Waals surface area (Å²) in [5.41, 5.74) is 0.524. The molecule has 1 heterocycles. The molecule has 1 aromatic heterocycles. The Kier molecular flexibility index (Phi) is 3.32. The Balaban J connectivity index is 2.27. The van der Waals surface area contributed by atoms with Gasteiger partial charge in [0.25, 0.3) is 0 Å². The van der Waals surface area contributed by atoms with Crippen molar-refractivity contribution in [1.82, 2.24) is 9.55 Å². The van der Waals surface area contributed by atoms with Gasteiger partial charge in [-0.25, -0.2) is 14.2 Å². The zero-order valence-electron chi connectivity index (χ0n) is 9.76. The number of halogens is 1. The molecule has 1 aromatic carbocycles. The summed E-state index contributed by atoms with van der Waals surface area (Å²) in [7, 11) is 0. The van der Waals surface area contributed by atoms with Gasteiger partial charge >= 0.3 is 5.69 Å². The van der Waals surface area contributed by atoms with Gasteiger partial charge in [0.2, 0.25) is 0 Å². The van der Waals surface area contributed by atoms with E-state index in [9.17, 15) is 14.0 Å². The van der Waals surface area contributed by atoms with Crippen LogP contribution in [0, 0.1) is 12.7 Å². The van der Waals surface area contributed by atoms with Crippen LogP contribution < -0.4 is 5.69 Å². The lowest BCUT2D eigenvalue weighted by atomic mass is 10.1. The second-order valence-electron chi connectivity index (χ2n) is 3.98. The molecule has 0 aliphatic carbocycles. The van der Waals surface area contributed by atoms with Gasteiger partial charge in [-0.05, 0) is 24.6 Å². The smallest absolute Gasteiger partial charge is 0.292 e. The molecule has 0 amide bonds. The maximum atomic E-state index is 13.0. The molecule has 0 bridgehead atoms. The SMILES string of the molecule is Cc1cnc(=O)n(CC(=O)c2cccc(F)c2)c1. The summed E-state index contributed by atoms with van der Waals surface area (Å²) in [6, 6.07) is 5.38. The van der Waals surface area contributed by atoms with Gasteiger partial charge in [-0.3, -0.25) is 9.36 Å². The number of carbonyl (C=O) groups is 1. The summed E-state index contributed by atoms with van der Waals surface area (Å²) in [6.07, 6.45) is 2.98. The van der Waals surface area contributed by atoms with E-state index in [0.29, 0.717) is 0 Å². The van der Waals surface area contributed by atoms with E-state index in [1.54, 1.807) is 13.1 Å². The molecule has 18 heavy (non-hydrogen) atoms. The van der Waals surface area contributed by atoms with Crippen molar-refractivity contribution >= 4 is 5.78 Å². The first-order valence-electron chi connectivity index (χ1n) is 5.38. The summed E-state index contributed by atoms with van der Waals surface area (Å²) in [5, 5.41) is 0. The number of aryl methyl sites for hydroxylation is 1. The highest BCUT2D eigenvalue weighted by atomic mass is 19.1. The van der Waals surface area contributed by atoms with E-state index in [0.717, 1.165) is 11.6 Å². The van der Waals surface area contributed by atoms with Crippen LogP contribution >= 0.6 is 0 Å². The van der Waals surface area contributed by atoms with Crippen molar-refractivity contribution < 1.29 is 9.18 Å². The van der Waals surface area contributed by atoms with Crippen LogP contribution in [0.1, 0.15) is 15.9 Å². The summed E-state index contributed by atoms with van der Waals surface area (Å²) in [5.74, 6) is -0.806. The summed E-state index contributed by atoms with van der Waals surface area (Å²) in [6.45, 7) is 1.63. The van der Waals surface area contributed by atoms with E-state index >= 15 is 0 Å². The van der Waals surface area contributed by atoms with E-state index in [1.165, 1.54) is 29.0 Å². The molecule has 0 radical (unpaired) electrons. The molecule has 2 rings (SSSR count). The number of benzene rings is 1. The number of hydrogen-bond acceptors (Lipinski definition) is 3. The first-order chi connectivity index (χ1) is 8.56. The molecule has 0 aliphatic heterocycles. The molecule has 0 fully saturated rings. The van der Waals surface area contributed by atoms with Gasteiger partial charge in [0.05, 0.1) is 6.54 Å². The van der Waals surface area contributed by atoms with Crippen molar-refractivity contribution in [3.05, 3.63) is 64.1 Å². The Hall–Kier alpha value is -2.30. The van der Waals surface area contributed by atoms with E-state index in [-0.39, 0.29) is 17.9 Å². The molecule has 0 spiro atoms. The standard InChI is InChI=1S/C13H11FN2O2/c1-9-6-15-13(18)16(7-9)8-12(17)10-3-2-4-11(14)5-10/h2-7H,8H2,1H3. The fraction of sp³-hybridized carbons (Fsp3) is 0.154. The van der Waals surface area contributed by atoms with Gasteiger partial charge in [-0.15, -0.1) is 0 Å². The summed E-state index contributed by atoms with van der Waals surface area (Å²) in [4.78, 5) is 26.9. The second-order valence-corrected chi connectivity index (χ2v) is 3.98. The van der Waals surface area contributed by atoms with Crippen LogP contribution in [-0.4, -0.2) is 15.3 Å². The highest BCUT2D eigenvalue weighted by Gasteiger charge is 2.09. The van der Waals surface area contributed by atoms with Gasteiger partial charge in [0, 0.05) is 18.0 Å². The van der Waals surface area contributed by atoms with Gasteiger partial charge in [-0.1, -0.05) is 12.1 Å². The van der Waals surface area contributed by atoms with E-state index in [1.807, 2.05) is 0 Å². The highest BCUT2D eigenvalue weighted by molar-refractivity contribution is 5.95. The molecule has 0 unspecified atom stereocenters. The highest BCUT2D eigenvalue weighted by Crippen LogP contribution is 2.05. The zero-order valence-corrected chi connectivity index (χ0v) is 9.76. The fourth-order valence-electron chi connectivity index (χ4n) is 1.59. The fourth-order valence-corrected chi connectivity index (χ4v) is 1.59. The quantitative estimate of drug-likeness (QED) is 0.772. The predicted octanol–water partition coefficient (Wildman–Crippen LogP) is 1.57. The normalized spacial score (nSPS) is 10.3. The molecule has 5 heteroatoms. The van der Waals surface area contributed by atoms with Crippen molar-refractivity contribution in [2.75, 3.05) is 0 Å². The molecule has 0 aliphatic rings. The average Bonchev–Trinajstić information content (AvgIpc) is 2.34. The Morgan fingerprint density at radius 2 is 2.22 bits per heavy atom. The van der Waals surface area contributed by atoms with Gasteiger partial charge in [0.15, 0.2) is 5.78 Å².